The summed E-state index contributed by atoms with van der Waals surface area (Å²) in [5.41, 5.74) is 4.05. The van der Waals surface area contributed by atoms with Crippen LogP contribution in [0.3, 0.4) is 0 Å². The van der Waals surface area contributed by atoms with E-state index in [0.29, 0.717) is 13.1 Å². The molecule has 0 radical (unpaired) electrons. The number of rotatable bonds is 8. The van der Waals surface area contributed by atoms with Crippen molar-refractivity contribution in [2.24, 2.45) is 0 Å². The van der Waals surface area contributed by atoms with Crippen LogP contribution in [0.25, 0.3) is 0 Å². The average Bonchev–Trinajstić information content (AvgIpc) is 2.83. The van der Waals surface area contributed by atoms with E-state index in [1.807, 2.05) is 54.6 Å². The Labute approximate surface area is 197 Å². The van der Waals surface area contributed by atoms with Crippen LogP contribution in [-0.2, 0) is 22.9 Å². The van der Waals surface area contributed by atoms with Crippen LogP contribution in [0.2, 0.25) is 0 Å². The SMILES string of the molecule is O=S(=O)(c1ccc(NCc2ccccc2)cc1)c1ccc(NCc2ccc(Br)cc2)cc1. The van der Waals surface area contributed by atoms with E-state index >= 15 is 0 Å². The highest BCUT2D eigenvalue weighted by atomic mass is 79.9. The monoisotopic (exact) mass is 506 g/mol. The highest BCUT2D eigenvalue weighted by Crippen LogP contribution is 2.24. The van der Waals surface area contributed by atoms with Gasteiger partial charge in [0.15, 0.2) is 0 Å². The van der Waals surface area contributed by atoms with Crippen molar-refractivity contribution >= 4 is 37.1 Å². The summed E-state index contributed by atoms with van der Waals surface area (Å²) >= 11 is 3.43. The van der Waals surface area contributed by atoms with Gasteiger partial charge in [0.1, 0.15) is 0 Å². The smallest absolute Gasteiger partial charge is 0.206 e. The first kappa shape index (κ1) is 22.1. The molecule has 0 saturated carbocycles. The number of nitrogens with one attached hydrogen (secondary N) is 2. The molecule has 0 fully saturated rings. The third-order valence-corrected chi connectivity index (χ3v) is 7.39. The molecule has 162 valence electrons. The maximum absolute atomic E-state index is 13.0. The van der Waals surface area contributed by atoms with Crippen LogP contribution >= 0.6 is 15.9 Å². The van der Waals surface area contributed by atoms with Crippen LogP contribution in [0.15, 0.2) is 117 Å². The van der Waals surface area contributed by atoms with Gasteiger partial charge in [0.25, 0.3) is 0 Å². The Kier molecular flexibility index (Phi) is 6.93. The molecular formula is C26H23BrN2O2S. The average molecular weight is 507 g/mol. The largest absolute Gasteiger partial charge is 0.381 e. The Bertz CT molecular complexity index is 1260. The van der Waals surface area contributed by atoms with Crippen molar-refractivity contribution in [2.75, 3.05) is 10.6 Å². The molecule has 6 heteroatoms. The predicted molar refractivity (Wildman–Crippen MR) is 134 cm³/mol. The highest BCUT2D eigenvalue weighted by Gasteiger charge is 2.17. The van der Waals surface area contributed by atoms with Crippen LogP contribution in [0.4, 0.5) is 11.4 Å². The third-order valence-electron chi connectivity index (χ3n) is 5.08. The van der Waals surface area contributed by atoms with Gasteiger partial charge in [0.05, 0.1) is 9.79 Å². The molecule has 4 aromatic carbocycles. The zero-order valence-electron chi connectivity index (χ0n) is 17.3. The molecule has 0 unspecified atom stereocenters. The van der Waals surface area contributed by atoms with Gasteiger partial charge in [-0.3, -0.25) is 0 Å². The minimum Gasteiger partial charge on any atom is -0.381 e. The van der Waals surface area contributed by atoms with Crippen LogP contribution in [-0.4, -0.2) is 8.42 Å². The number of halogens is 1. The second kappa shape index (κ2) is 10.0. The molecule has 2 N–H and O–H groups in total. The number of benzene rings is 4. The van der Waals surface area contributed by atoms with E-state index in [0.717, 1.165) is 27.0 Å². The molecule has 0 aromatic heterocycles. The van der Waals surface area contributed by atoms with Gasteiger partial charge in [-0.15, -0.1) is 0 Å². The second-order valence-electron chi connectivity index (χ2n) is 7.37. The van der Waals surface area contributed by atoms with Gasteiger partial charge in [-0.2, -0.15) is 0 Å². The fourth-order valence-corrected chi connectivity index (χ4v) is 4.77. The van der Waals surface area contributed by atoms with Crippen LogP contribution in [0.5, 0.6) is 0 Å². The van der Waals surface area contributed by atoms with E-state index in [4.69, 9.17) is 0 Å². The quantitative estimate of drug-likeness (QED) is 0.286. The summed E-state index contributed by atoms with van der Waals surface area (Å²) in [7, 11) is -3.57. The summed E-state index contributed by atoms with van der Waals surface area (Å²) in [6.07, 6.45) is 0. The second-order valence-corrected chi connectivity index (χ2v) is 10.2. The van der Waals surface area contributed by atoms with Crippen LogP contribution < -0.4 is 10.6 Å². The fraction of sp³-hybridized carbons (Fsp3) is 0.0769. The Hall–Kier alpha value is -3.09. The Morgan fingerprint density at radius 3 is 1.47 bits per heavy atom. The maximum atomic E-state index is 13.0. The molecule has 4 nitrogen and oxygen atoms in total. The summed E-state index contributed by atoms with van der Waals surface area (Å²) < 4.78 is 27.0. The summed E-state index contributed by atoms with van der Waals surface area (Å²) in [6, 6.07) is 31.9. The van der Waals surface area contributed by atoms with Gasteiger partial charge in [0.2, 0.25) is 9.84 Å². The Morgan fingerprint density at radius 1 is 0.562 bits per heavy atom. The van der Waals surface area contributed by atoms with E-state index in [1.54, 1.807) is 48.5 Å². The predicted octanol–water partition coefficient (Wildman–Crippen LogP) is 6.51. The van der Waals surface area contributed by atoms with E-state index < -0.39 is 9.84 Å². The lowest BCUT2D eigenvalue weighted by Crippen LogP contribution is -2.04. The normalized spacial score (nSPS) is 11.2. The first-order valence-corrected chi connectivity index (χ1v) is 12.5. The standard InChI is InChI=1S/C26H23BrN2O2S/c27-22-8-6-21(7-9-22)19-29-24-12-16-26(17-13-24)32(30,31)25-14-10-23(11-15-25)28-18-20-4-2-1-3-5-20/h1-17,28-29H,18-19H2. The van der Waals surface area contributed by atoms with Crippen molar-refractivity contribution < 1.29 is 8.42 Å². The first-order chi connectivity index (χ1) is 15.5. The Morgan fingerprint density at radius 2 is 1.00 bits per heavy atom. The van der Waals surface area contributed by atoms with Gasteiger partial charge in [-0.25, -0.2) is 8.42 Å². The summed E-state index contributed by atoms with van der Waals surface area (Å²) in [4.78, 5) is 0.551. The fourth-order valence-electron chi connectivity index (χ4n) is 3.25. The van der Waals surface area contributed by atoms with E-state index in [1.165, 1.54) is 0 Å². The van der Waals surface area contributed by atoms with Crippen molar-refractivity contribution in [2.45, 2.75) is 22.9 Å². The highest BCUT2D eigenvalue weighted by molar-refractivity contribution is 9.10. The van der Waals surface area contributed by atoms with Gasteiger partial charge >= 0.3 is 0 Å². The summed E-state index contributed by atoms with van der Waals surface area (Å²) in [5, 5.41) is 6.63. The minimum atomic E-state index is -3.57. The van der Waals surface area contributed by atoms with E-state index in [9.17, 15) is 8.42 Å². The zero-order chi connectivity index (χ0) is 22.4. The molecule has 4 rings (SSSR count). The van der Waals surface area contributed by atoms with Crippen molar-refractivity contribution in [3.05, 3.63) is 119 Å². The molecule has 0 bridgehead atoms. The van der Waals surface area contributed by atoms with E-state index in [-0.39, 0.29) is 9.79 Å². The third kappa shape index (κ3) is 5.58. The number of hydrogen-bond acceptors (Lipinski definition) is 4. The molecule has 0 atom stereocenters. The van der Waals surface area contributed by atoms with Crippen molar-refractivity contribution in [1.29, 1.82) is 0 Å². The van der Waals surface area contributed by atoms with Gasteiger partial charge in [-0.1, -0.05) is 58.4 Å². The molecule has 0 aliphatic carbocycles. The summed E-state index contributed by atoms with van der Waals surface area (Å²) in [6.45, 7) is 1.35. The molecule has 0 heterocycles. The van der Waals surface area contributed by atoms with Crippen molar-refractivity contribution in [3.63, 3.8) is 0 Å². The molecule has 0 amide bonds. The number of anilines is 2. The lowest BCUT2D eigenvalue weighted by atomic mass is 10.2. The number of hydrogen-bond donors (Lipinski definition) is 2. The zero-order valence-corrected chi connectivity index (χ0v) is 19.7. The maximum Gasteiger partial charge on any atom is 0.206 e. The lowest BCUT2D eigenvalue weighted by molar-refractivity contribution is 0.596. The van der Waals surface area contributed by atoms with Crippen molar-refractivity contribution in [3.8, 4) is 0 Å². The minimum absolute atomic E-state index is 0.275. The molecule has 0 spiro atoms. The lowest BCUT2D eigenvalue weighted by Gasteiger charge is -2.10. The van der Waals surface area contributed by atoms with Crippen molar-refractivity contribution in [1.82, 2.24) is 0 Å². The van der Waals surface area contributed by atoms with Gasteiger partial charge < -0.3 is 10.6 Å². The topological polar surface area (TPSA) is 58.2 Å². The van der Waals surface area contributed by atoms with Crippen LogP contribution in [0, 0.1) is 0 Å². The molecular weight excluding hydrogens is 484 g/mol. The van der Waals surface area contributed by atoms with Gasteiger partial charge in [-0.05, 0) is 71.8 Å². The Balaban J connectivity index is 1.39. The van der Waals surface area contributed by atoms with E-state index in [2.05, 4.69) is 26.6 Å². The first-order valence-electron chi connectivity index (χ1n) is 10.2. The molecule has 0 aliphatic heterocycles. The van der Waals surface area contributed by atoms with Gasteiger partial charge in [0, 0.05) is 28.9 Å². The summed E-state index contributed by atoms with van der Waals surface area (Å²) in [5.74, 6) is 0. The molecule has 0 saturated heterocycles. The number of sulfone groups is 1. The molecule has 4 aromatic rings. The van der Waals surface area contributed by atoms with Crippen LogP contribution in [0.1, 0.15) is 11.1 Å². The molecule has 0 aliphatic rings. The molecule has 32 heavy (non-hydrogen) atoms.